The topological polar surface area (TPSA) is 87.6 Å². The van der Waals surface area contributed by atoms with Crippen molar-refractivity contribution in [2.75, 3.05) is 56.6 Å². The average Bonchev–Trinajstić information content (AvgIpc) is 3.28. The molecular formula is C25H30FN7O. The van der Waals surface area contributed by atoms with E-state index in [2.05, 4.69) is 35.5 Å². The van der Waals surface area contributed by atoms with Crippen LogP contribution in [0.5, 0.6) is 0 Å². The molecule has 0 unspecified atom stereocenters. The van der Waals surface area contributed by atoms with Crippen molar-refractivity contribution < 1.29 is 9.13 Å². The van der Waals surface area contributed by atoms with Crippen molar-refractivity contribution in [3.8, 4) is 0 Å². The minimum Gasteiger partial charge on any atom is -0.379 e. The molecule has 3 heterocycles. The molecule has 0 radical (unpaired) electrons. The van der Waals surface area contributed by atoms with Crippen molar-refractivity contribution in [2.45, 2.75) is 13.3 Å². The number of anilines is 2. The van der Waals surface area contributed by atoms with E-state index in [0.29, 0.717) is 30.1 Å². The number of benzene rings is 1. The highest BCUT2D eigenvalue weighted by Gasteiger charge is 2.12. The third-order valence-electron chi connectivity index (χ3n) is 5.34. The highest BCUT2D eigenvalue weighted by Crippen LogP contribution is 2.13. The third kappa shape index (κ3) is 7.29. The molecule has 178 valence electrons. The lowest BCUT2D eigenvalue weighted by molar-refractivity contribution is 0.0378. The molecule has 4 rings (SSSR count). The van der Waals surface area contributed by atoms with Crippen LogP contribution >= 0.6 is 0 Å². The first-order chi connectivity index (χ1) is 16.7. The number of nitrogens with zero attached hydrogens (tertiary/aromatic N) is 5. The highest BCUT2D eigenvalue weighted by atomic mass is 19.1. The summed E-state index contributed by atoms with van der Waals surface area (Å²) >= 11 is 0. The number of allylic oxidation sites excluding steroid dienone is 1. The van der Waals surface area contributed by atoms with E-state index in [-0.39, 0.29) is 5.82 Å². The summed E-state index contributed by atoms with van der Waals surface area (Å²) in [7, 11) is 0. The Morgan fingerprint density at radius 1 is 1.09 bits per heavy atom. The van der Waals surface area contributed by atoms with Crippen LogP contribution in [0.3, 0.4) is 0 Å². The van der Waals surface area contributed by atoms with Gasteiger partial charge in [0.05, 0.1) is 19.8 Å². The minimum absolute atomic E-state index is 0.286. The van der Waals surface area contributed by atoms with Crippen LogP contribution in [0.15, 0.2) is 53.1 Å². The Morgan fingerprint density at radius 2 is 1.94 bits per heavy atom. The zero-order valence-electron chi connectivity index (χ0n) is 19.4. The summed E-state index contributed by atoms with van der Waals surface area (Å²) in [5, 5.41) is 6.49. The van der Waals surface area contributed by atoms with Crippen molar-refractivity contribution >= 4 is 29.9 Å². The number of hydrogen-bond donors (Lipinski definition) is 2. The molecule has 2 aliphatic rings. The first kappa shape index (κ1) is 23.7. The van der Waals surface area contributed by atoms with Crippen molar-refractivity contribution in [1.82, 2.24) is 19.9 Å². The molecule has 2 aliphatic heterocycles. The normalized spacial score (nSPS) is 16.8. The summed E-state index contributed by atoms with van der Waals surface area (Å²) in [6, 6.07) is 6.37. The van der Waals surface area contributed by atoms with Gasteiger partial charge in [0.25, 0.3) is 0 Å². The van der Waals surface area contributed by atoms with Crippen LogP contribution in [-0.2, 0) is 4.74 Å². The van der Waals surface area contributed by atoms with E-state index in [1.54, 1.807) is 18.2 Å². The van der Waals surface area contributed by atoms with Crippen molar-refractivity contribution in [3.63, 3.8) is 0 Å². The number of rotatable bonds is 9. The van der Waals surface area contributed by atoms with Gasteiger partial charge in [-0.25, -0.2) is 4.39 Å². The molecule has 1 fully saturated rings. The molecule has 0 atom stereocenters. The Balaban J connectivity index is 1.45. The Labute approximate surface area is 199 Å². The largest absolute Gasteiger partial charge is 0.379 e. The smallest absolute Gasteiger partial charge is 0.233 e. The molecule has 0 amide bonds. The lowest BCUT2D eigenvalue weighted by Crippen LogP contribution is -2.37. The number of halogens is 1. The molecule has 34 heavy (non-hydrogen) atoms. The predicted octanol–water partition coefficient (Wildman–Crippen LogP) is 3.64. The van der Waals surface area contributed by atoms with E-state index in [1.165, 1.54) is 12.1 Å². The van der Waals surface area contributed by atoms with Gasteiger partial charge in [-0.3, -0.25) is 9.89 Å². The zero-order valence-corrected chi connectivity index (χ0v) is 19.4. The van der Waals surface area contributed by atoms with E-state index in [4.69, 9.17) is 4.74 Å². The van der Waals surface area contributed by atoms with Crippen LogP contribution in [0.4, 0.5) is 16.3 Å². The number of morpholine rings is 1. The van der Waals surface area contributed by atoms with Crippen LogP contribution in [0, 0.1) is 5.82 Å². The maximum atomic E-state index is 13.5. The van der Waals surface area contributed by atoms with E-state index >= 15 is 0 Å². The van der Waals surface area contributed by atoms with Gasteiger partial charge in [-0.05, 0) is 55.3 Å². The number of aliphatic imine (C=N–C) groups is 1. The van der Waals surface area contributed by atoms with Crippen LogP contribution in [0.1, 0.15) is 24.7 Å². The summed E-state index contributed by atoms with van der Waals surface area (Å²) in [6.45, 7) is 7.87. The fourth-order valence-electron chi connectivity index (χ4n) is 3.66. The fraction of sp³-hybridized carbons (Fsp3) is 0.360. The lowest BCUT2D eigenvalue weighted by Gasteiger charge is -2.26. The minimum atomic E-state index is -0.286. The molecule has 1 aromatic carbocycles. The lowest BCUT2D eigenvalue weighted by atomic mass is 10.2. The van der Waals surface area contributed by atoms with Gasteiger partial charge in [0.15, 0.2) is 5.82 Å². The summed E-state index contributed by atoms with van der Waals surface area (Å²) in [5.41, 5.74) is 1.85. The zero-order chi connectivity index (χ0) is 23.6. The Kier molecular flexibility index (Phi) is 8.48. The summed E-state index contributed by atoms with van der Waals surface area (Å²) in [5.74, 6) is 1.77. The molecule has 2 aromatic rings. The van der Waals surface area contributed by atoms with Gasteiger partial charge in [0.2, 0.25) is 11.9 Å². The van der Waals surface area contributed by atoms with E-state index in [1.807, 2.05) is 31.2 Å². The SMILES string of the molecule is C/C=C/C1=CC(Nc2nc(/C=C/c3cccc(F)c3)nc(NCCCN3CCOCC3)n2)=NC1. The van der Waals surface area contributed by atoms with Gasteiger partial charge in [-0.2, -0.15) is 15.0 Å². The van der Waals surface area contributed by atoms with Crippen molar-refractivity contribution in [1.29, 1.82) is 0 Å². The second kappa shape index (κ2) is 12.2. The standard InChI is InChI=1S/C25H30FN7O/c1-2-5-20-17-23(28-18-20)31-25-30-22(9-8-19-6-3-7-21(26)16-19)29-24(32-25)27-10-4-11-33-12-14-34-15-13-33/h2-3,5-9,16-17H,4,10-15,18H2,1H3,(H2,27,28,29,30,31,32)/b5-2+,9-8+. The molecule has 8 nitrogen and oxygen atoms in total. The molecule has 9 heteroatoms. The summed E-state index contributed by atoms with van der Waals surface area (Å²) in [6.07, 6.45) is 10.5. The molecule has 0 spiro atoms. The second-order valence-corrected chi connectivity index (χ2v) is 8.01. The number of hydrogen-bond acceptors (Lipinski definition) is 8. The first-order valence-electron chi connectivity index (χ1n) is 11.6. The Hall–Kier alpha value is -3.43. The van der Waals surface area contributed by atoms with Crippen LogP contribution in [0.25, 0.3) is 12.2 Å². The van der Waals surface area contributed by atoms with Gasteiger partial charge < -0.3 is 15.4 Å². The molecule has 0 saturated carbocycles. The van der Waals surface area contributed by atoms with Gasteiger partial charge in [0, 0.05) is 19.6 Å². The second-order valence-electron chi connectivity index (χ2n) is 8.01. The number of aromatic nitrogens is 3. The quantitative estimate of drug-likeness (QED) is 0.549. The van der Waals surface area contributed by atoms with Gasteiger partial charge in [0.1, 0.15) is 11.7 Å². The monoisotopic (exact) mass is 463 g/mol. The van der Waals surface area contributed by atoms with E-state index in [0.717, 1.165) is 57.0 Å². The molecular weight excluding hydrogens is 433 g/mol. The summed E-state index contributed by atoms with van der Waals surface area (Å²) in [4.78, 5) is 20.4. The molecule has 0 bridgehead atoms. The van der Waals surface area contributed by atoms with Crippen LogP contribution in [-0.4, -0.2) is 71.6 Å². The molecule has 1 saturated heterocycles. The van der Waals surface area contributed by atoms with Crippen molar-refractivity contribution in [3.05, 3.63) is 65.3 Å². The first-order valence-corrected chi connectivity index (χ1v) is 11.6. The molecule has 2 N–H and O–H groups in total. The Morgan fingerprint density at radius 3 is 2.76 bits per heavy atom. The van der Waals surface area contributed by atoms with Gasteiger partial charge in [-0.15, -0.1) is 0 Å². The Bertz CT molecular complexity index is 1090. The third-order valence-corrected chi connectivity index (χ3v) is 5.34. The van der Waals surface area contributed by atoms with Gasteiger partial charge >= 0.3 is 0 Å². The highest BCUT2D eigenvalue weighted by molar-refractivity contribution is 6.05. The number of amidine groups is 1. The fourth-order valence-corrected chi connectivity index (χ4v) is 3.66. The number of nitrogens with one attached hydrogen (secondary N) is 2. The average molecular weight is 464 g/mol. The van der Waals surface area contributed by atoms with Crippen LogP contribution in [0.2, 0.25) is 0 Å². The maximum absolute atomic E-state index is 13.5. The summed E-state index contributed by atoms with van der Waals surface area (Å²) < 4.78 is 18.9. The number of ether oxygens (including phenoxy) is 1. The predicted molar refractivity (Wildman–Crippen MR) is 134 cm³/mol. The molecule has 0 aliphatic carbocycles. The molecule has 1 aromatic heterocycles. The van der Waals surface area contributed by atoms with Crippen LogP contribution < -0.4 is 10.6 Å². The van der Waals surface area contributed by atoms with E-state index in [9.17, 15) is 4.39 Å². The van der Waals surface area contributed by atoms with E-state index < -0.39 is 0 Å². The van der Waals surface area contributed by atoms with Crippen molar-refractivity contribution in [2.24, 2.45) is 4.99 Å². The van der Waals surface area contributed by atoms with Gasteiger partial charge in [-0.1, -0.05) is 30.4 Å². The maximum Gasteiger partial charge on any atom is 0.233 e.